The molecule has 0 amide bonds. The lowest BCUT2D eigenvalue weighted by molar-refractivity contribution is 0.766. The lowest BCUT2D eigenvalue weighted by Crippen LogP contribution is -2.17. The average molecular weight is 252 g/mol. The fourth-order valence-electron chi connectivity index (χ4n) is 1.62. The molecule has 6 heteroatoms. The van der Waals surface area contributed by atoms with Gasteiger partial charge >= 0.3 is 0 Å². The molecule has 0 aliphatic rings. The summed E-state index contributed by atoms with van der Waals surface area (Å²) in [6.45, 7) is 2.63. The standard InChI is InChI=1S/C11H14ClN5/c1-8-4-10(15-11(12)14-8)16(2)6-9-5-13-17(3)7-9/h4-5,7H,6H2,1-3H3. The first-order chi connectivity index (χ1) is 8.04. The van der Waals surface area contributed by atoms with Crippen LogP contribution in [0.1, 0.15) is 11.3 Å². The minimum atomic E-state index is 0.276. The minimum absolute atomic E-state index is 0.276. The molecule has 2 rings (SSSR count). The van der Waals surface area contributed by atoms with E-state index < -0.39 is 0 Å². The van der Waals surface area contributed by atoms with Gasteiger partial charge in [-0.3, -0.25) is 4.68 Å². The molecule has 0 saturated carbocycles. The van der Waals surface area contributed by atoms with Crippen molar-refractivity contribution in [2.75, 3.05) is 11.9 Å². The number of nitrogens with zero attached hydrogens (tertiary/aromatic N) is 5. The quantitative estimate of drug-likeness (QED) is 0.781. The Balaban J connectivity index is 2.16. The van der Waals surface area contributed by atoms with Gasteiger partial charge in [-0.25, -0.2) is 9.97 Å². The lowest BCUT2D eigenvalue weighted by Gasteiger charge is -2.17. The molecule has 2 aromatic heterocycles. The average Bonchev–Trinajstić information content (AvgIpc) is 2.62. The molecule has 0 aliphatic heterocycles. The molecule has 17 heavy (non-hydrogen) atoms. The van der Waals surface area contributed by atoms with Crippen molar-refractivity contribution < 1.29 is 0 Å². The Morgan fingerprint density at radius 2 is 2.18 bits per heavy atom. The van der Waals surface area contributed by atoms with Crippen molar-refractivity contribution in [3.8, 4) is 0 Å². The summed E-state index contributed by atoms with van der Waals surface area (Å²) in [5.41, 5.74) is 1.99. The first kappa shape index (κ1) is 11.9. The largest absolute Gasteiger partial charge is 0.355 e. The van der Waals surface area contributed by atoms with Gasteiger partial charge in [-0.2, -0.15) is 5.10 Å². The number of halogens is 1. The van der Waals surface area contributed by atoms with Gasteiger partial charge in [-0.15, -0.1) is 0 Å². The molecule has 0 aromatic carbocycles. The molecule has 5 nitrogen and oxygen atoms in total. The normalized spacial score (nSPS) is 10.6. The van der Waals surface area contributed by atoms with Crippen LogP contribution in [0.2, 0.25) is 5.28 Å². The van der Waals surface area contributed by atoms with Gasteiger partial charge in [-0.1, -0.05) is 0 Å². The molecular weight excluding hydrogens is 238 g/mol. The summed E-state index contributed by atoms with van der Waals surface area (Å²) in [5, 5.41) is 4.41. The molecular formula is C11H14ClN5. The van der Waals surface area contributed by atoms with E-state index in [0.717, 1.165) is 23.6 Å². The van der Waals surface area contributed by atoms with Gasteiger partial charge in [0.1, 0.15) is 5.82 Å². The number of aromatic nitrogens is 4. The second-order valence-electron chi connectivity index (χ2n) is 4.01. The molecule has 0 atom stereocenters. The van der Waals surface area contributed by atoms with Crippen molar-refractivity contribution in [2.45, 2.75) is 13.5 Å². The number of hydrogen-bond acceptors (Lipinski definition) is 4. The smallest absolute Gasteiger partial charge is 0.224 e. The van der Waals surface area contributed by atoms with Crippen LogP contribution in [0.4, 0.5) is 5.82 Å². The fraction of sp³-hybridized carbons (Fsp3) is 0.364. The summed E-state index contributed by atoms with van der Waals surface area (Å²) in [6.07, 6.45) is 3.82. The van der Waals surface area contributed by atoms with Gasteiger partial charge in [0.15, 0.2) is 0 Å². The highest BCUT2D eigenvalue weighted by atomic mass is 35.5. The van der Waals surface area contributed by atoms with E-state index in [9.17, 15) is 0 Å². The lowest BCUT2D eigenvalue weighted by atomic mass is 10.3. The number of rotatable bonds is 3. The third-order valence-electron chi connectivity index (χ3n) is 2.38. The van der Waals surface area contributed by atoms with Gasteiger partial charge in [0.25, 0.3) is 0 Å². The van der Waals surface area contributed by atoms with E-state index in [-0.39, 0.29) is 5.28 Å². The van der Waals surface area contributed by atoms with E-state index in [1.807, 2.05) is 44.4 Å². The molecule has 0 radical (unpaired) electrons. The van der Waals surface area contributed by atoms with E-state index >= 15 is 0 Å². The Morgan fingerprint density at radius 3 is 2.76 bits per heavy atom. The maximum absolute atomic E-state index is 5.84. The van der Waals surface area contributed by atoms with E-state index in [0.29, 0.717) is 0 Å². The number of hydrogen-bond donors (Lipinski definition) is 0. The van der Waals surface area contributed by atoms with Crippen LogP contribution in [0.25, 0.3) is 0 Å². The van der Waals surface area contributed by atoms with Crippen molar-refractivity contribution in [2.24, 2.45) is 7.05 Å². The van der Waals surface area contributed by atoms with Gasteiger partial charge in [-0.05, 0) is 18.5 Å². The predicted octanol–water partition coefficient (Wildman–Crippen LogP) is 1.81. The van der Waals surface area contributed by atoms with Crippen LogP contribution in [0.5, 0.6) is 0 Å². The van der Waals surface area contributed by atoms with Crippen molar-refractivity contribution in [3.05, 3.63) is 35.0 Å². The summed E-state index contributed by atoms with van der Waals surface area (Å²) < 4.78 is 1.78. The molecule has 2 aromatic rings. The highest BCUT2D eigenvalue weighted by Gasteiger charge is 2.07. The second kappa shape index (κ2) is 4.71. The highest BCUT2D eigenvalue weighted by molar-refractivity contribution is 6.28. The maximum Gasteiger partial charge on any atom is 0.224 e. The predicted molar refractivity (Wildman–Crippen MR) is 67.1 cm³/mol. The van der Waals surface area contributed by atoms with Crippen LogP contribution in [0, 0.1) is 6.92 Å². The van der Waals surface area contributed by atoms with Crippen LogP contribution in [-0.2, 0) is 13.6 Å². The molecule has 0 bridgehead atoms. The Morgan fingerprint density at radius 1 is 1.41 bits per heavy atom. The van der Waals surface area contributed by atoms with E-state index in [2.05, 4.69) is 15.1 Å². The Hall–Kier alpha value is -1.62. The Bertz CT molecular complexity index is 502. The number of anilines is 1. The molecule has 0 N–H and O–H groups in total. The third kappa shape index (κ3) is 2.94. The zero-order valence-corrected chi connectivity index (χ0v) is 10.8. The van der Waals surface area contributed by atoms with Crippen LogP contribution >= 0.6 is 11.6 Å². The SMILES string of the molecule is Cc1cc(N(C)Cc2cnn(C)c2)nc(Cl)n1. The van der Waals surface area contributed by atoms with Crippen molar-refractivity contribution in [1.82, 2.24) is 19.7 Å². The van der Waals surface area contributed by atoms with Crippen LogP contribution < -0.4 is 4.90 Å². The molecule has 90 valence electrons. The van der Waals surface area contributed by atoms with Gasteiger partial charge < -0.3 is 4.90 Å². The first-order valence-electron chi connectivity index (χ1n) is 5.24. The summed E-state index contributed by atoms with van der Waals surface area (Å²) in [6, 6.07) is 1.91. The monoisotopic (exact) mass is 251 g/mol. The third-order valence-corrected chi connectivity index (χ3v) is 2.55. The van der Waals surface area contributed by atoms with Crippen molar-refractivity contribution in [1.29, 1.82) is 0 Å². The van der Waals surface area contributed by atoms with Crippen molar-refractivity contribution >= 4 is 17.4 Å². The molecule has 0 fully saturated rings. The topological polar surface area (TPSA) is 46.8 Å². The highest BCUT2D eigenvalue weighted by Crippen LogP contribution is 2.15. The zero-order valence-electron chi connectivity index (χ0n) is 10.1. The Labute approximate surface area is 105 Å². The van der Waals surface area contributed by atoms with E-state index in [1.54, 1.807) is 4.68 Å². The molecule has 0 unspecified atom stereocenters. The molecule has 0 aliphatic carbocycles. The maximum atomic E-state index is 5.84. The minimum Gasteiger partial charge on any atom is -0.355 e. The van der Waals surface area contributed by atoms with Crippen LogP contribution in [0.3, 0.4) is 0 Å². The van der Waals surface area contributed by atoms with Gasteiger partial charge in [0, 0.05) is 44.2 Å². The molecule has 2 heterocycles. The van der Waals surface area contributed by atoms with E-state index in [4.69, 9.17) is 11.6 Å². The summed E-state index contributed by atoms with van der Waals surface area (Å²) >= 11 is 5.84. The zero-order chi connectivity index (χ0) is 12.4. The van der Waals surface area contributed by atoms with Gasteiger partial charge in [0.05, 0.1) is 6.20 Å². The summed E-state index contributed by atoms with van der Waals surface area (Å²) in [4.78, 5) is 10.2. The van der Waals surface area contributed by atoms with Crippen LogP contribution in [-0.4, -0.2) is 26.8 Å². The molecule has 0 saturated heterocycles. The summed E-state index contributed by atoms with van der Waals surface area (Å²) in [5.74, 6) is 0.811. The first-order valence-corrected chi connectivity index (χ1v) is 5.62. The summed E-state index contributed by atoms with van der Waals surface area (Å²) in [7, 11) is 3.86. The van der Waals surface area contributed by atoms with Gasteiger partial charge in [0.2, 0.25) is 5.28 Å². The fourth-order valence-corrected chi connectivity index (χ4v) is 1.84. The van der Waals surface area contributed by atoms with Crippen LogP contribution in [0.15, 0.2) is 18.5 Å². The molecule has 0 spiro atoms. The Kier molecular flexibility index (Phi) is 3.28. The second-order valence-corrected chi connectivity index (χ2v) is 4.35. The van der Waals surface area contributed by atoms with E-state index in [1.165, 1.54) is 0 Å². The number of aryl methyl sites for hydroxylation is 2. The van der Waals surface area contributed by atoms with Crippen molar-refractivity contribution in [3.63, 3.8) is 0 Å².